The van der Waals surface area contributed by atoms with Crippen LogP contribution in [0.25, 0.3) is 0 Å². The van der Waals surface area contributed by atoms with Gasteiger partial charge >= 0.3 is 0 Å². The first-order valence-corrected chi connectivity index (χ1v) is 6.16. The van der Waals surface area contributed by atoms with Crippen molar-refractivity contribution in [3.8, 4) is 5.75 Å². The SMILES string of the molecule is Cc1cccc(OCCC2CCCCO2)c1. The van der Waals surface area contributed by atoms with Crippen LogP contribution in [0.2, 0.25) is 0 Å². The Kier molecular flexibility index (Phi) is 4.23. The first-order chi connectivity index (χ1) is 7.84. The van der Waals surface area contributed by atoms with E-state index in [2.05, 4.69) is 19.1 Å². The van der Waals surface area contributed by atoms with Gasteiger partial charge in [-0.2, -0.15) is 0 Å². The monoisotopic (exact) mass is 220 g/mol. The van der Waals surface area contributed by atoms with Crippen LogP contribution in [0.15, 0.2) is 24.3 Å². The van der Waals surface area contributed by atoms with Crippen molar-refractivity contribution >= 4 is 0 Å². The van der Waals surface area contributed by atoms with Crippen molar-refractivity contribution in [1.29, 1.82) is 0 Å². The van der Waals surface area contributed by atoms with Gasteiger partial charge in [-0.3, -0.25) is 0 Å². The average Bonchev–Trinajstić information content (AvgIpc) is 2.30. The molecule has 2 nitrogen and oxygen atoms in total. The van der Waals surface area contributed by atoms with Crippen LogP contribution in [0.3, 0.4) is 0 Å². The molecule has 1 heterocycles. The third-order valence-corrected chi connectivity index (χ3v) is 2.97. The first kappa shape index (κ1) is 11.5. The molecule has 1 aliphatic heterocycles. The average molecular weight is 220 g/mol. The fraction of sp³-hybridized carbons (Fsp3) is 0.571. The molecule has 0 aromatic heterocycles. The maximum atomic E-state index is 5.71. The molecule has 2 heteroatoms. The molecule has 1 aromatic carbocycles. The maximum Gasteiger partial charge on any atom is 0.119 e. The summed E-state index contributed by atoms with van der Waals surface area (Å²) in [5, 5.41) is 0. The summed E-state index contributed by atoms with van der Waals surface area (Å²) in [6.07, 6.45) is 5.13. The van der Waals surface area contributed by atoms with E-state index in [-0.39, 0.29) is 0 Å². The van der Waals surface area contributed by atoms with Crippen LogP contribution in [0.5, 0.6) is 5.75 Å². The summed E-state index contributed by atoms with van der Waals surface area (Å²) in [4.78, 5) is 0. The Bertz CT molecular complexity index is 316. The fourth-order valence-corrected chi connectivity index (χ4v) is 2.05. The molecule has 1 unspecified atom stereocenters. The van der Waals surface area contributed by atoms with Gasteiger partial charge in [-0.15, -0.1) is 0 Å². The number of benzene rings is 1. The lowest BCUT2D eigenvalue weighted by atomic mass is 10.1. The standard InChI is InChI=1S/C14H20O2/c1-12-5-4-7-14(11-12)16-10-8-13-6-2-3-9-15-13/h4-5,7,11,13H,2-3,6,8-10H2,1H3. The highest BCUT2D eigenvalue weighted by molar-refractivity contribution is 5.27. The largest absolute Gasteiger partial charge is 0.493 e. The number of rotatable bonds is 4. The van der Waals surface area contributed by atoms with Crippen molar-refractivity contribution in [2.24, 2.45) is 0 Å². The van der Waals surface area contributed by atoms with Gasteiger partial charge in [-0.1, -0.05) is 12.1 Å². The van der Waals surface area contributed by atoms with E-state index in [0.717, 1.165) is 25.4 Å². The molecule has 0 aliphatic carbocycles. The van der Waals surface area contributed by atoms with Gasteiger partial charge in [0.2, 0.25) is 0 Å². The number of hydrogen-bond acceptors (Lipinski definition) is 2. The normalized spacial score (nSPS) is 20.7. The van der Waals surface area contributed by atoms with Gasteiger partial charge in [0, 0.05) is 13.0 Å². The topological polar surface area (TPSA) is 18.5 Å². The Morgan fingerprint density at radius 3 is 3.06 bits per heavy atom. The first-order valence-electron chi connectivity index (χ1n) is 6.16. The van der Waals surface area contributed by atoms with Crippen molar-refractivity contribution in [2.75, 3.05) is 13.2 Å². The molecular weight excluding hydrogens is 200 g/mol. The van der Waals surface area contributed by atoms with E-state index in [1.165, 1.54) is 24.8 Å². The number of aryl methyl sites for hydroxylation is 1. The molecule has 1 saturated heterocycles. The highest BCUT2D eigenvalue weighted by Crippen LogP contribution is 2.17. The van der Waals surface area contributed by atoms with E-state index in [1.54, 1.807) is 0 Å². The quantitative estimate of drug-likeness (QED) is 0.775. The van der Waals surface area contributed by atoms with Crippen LogP contribution >= 0.6 is 0 Å². The molecule has 1 aliphatic rings. The fourth-order valence-electron chi connectivity index (χ4n) is 2.05. The lowest BCUT2D eigenvalue weighted by molar-refractivity contribution is 0.00405. The van der Waals surface area contributed by atoms with Crippen molar-refractivity contribution in [2.45, 2.75) is 38.7 Å². The molecule has 0 radical (unpaired) electrons. The highest BCUT2D eigenvalue weighted by atomic mass is 16.5. The zero-order chi connectivity index (χ0) is 11.2. The molecule has 88 valence electrons. The van der Waals surface area contributed by atoms with Gasteiger partial charge in [0.25, 0.3) is 0 Å². The summed E-state index contributed by atoms with van der Waals surface area (Å²) in [6.45, 7) is 3.76. The Morgan fingerprint density at radius 1 is 1.38 bits per heavy atom. The van der Waals surface area contributed by atoms with Gasteiger partial charge in [-0.25, -0.2) is 0 Å². The van der Waals surface area contributed by atoms with E-state index >= 15 is 0 Å². The van der Waals surface area contributed by atoms with E-state index in [1.807, 2.05) is 12.1 Å². The van der Waals surface area contributed by atoms with E-state index < -0.39 is 0 Å². The lowest BCUT2D eigenvalue weighted by Crippen LogP contribution is -2.21. The van der Waals surface area contributed by atoms with E-state index in [9.17, 15) is 0 Å². The molecule has 1 fully saturated rings. The summed E-state index contributed by atoms with van der Waals surface area (Å²) < 4.78 is 11.4. The van der Waals surface area contributed by atoms with Gasteiger partial charge in [-0.05, 0) is 43.9 Å². The zero-order valence-corrected chi connectivity index (χ0v) is 9.95. The smallest absolute Gasteiger partial charge is 0.119 e. The van der Waals surface area contributed by atoms with Crippen molar-refractivity contribution in [3.05, 3.63) is 29.8 Å². The van der Waals surface area contributed by atoms with Crippen molar-refractivity contribution in [1.82, 2.24) is 0 Å². The Balaban J connectivity index is 1.71. The Morgan fingerprint density at radius 2 is 2.31 bits per heavy atom. The van der Waals surface area contributed by atoms with Gasteiger partial charge in [0.05, 0.1) is 12.7 Å². The number of ether oxygens (including phenoxy) is 2. The minimum atomic E-state index is 0.415. The Labute approximate surface area is 97.6 Å². The van der Waals surface area contributed by atoms with Crippen LogP contribution in [0.1, 0.15) is 31.2 Å². The Hall–Kier alpha value is -1.02. The van der Waals surface area contributed by atoms with E-state index in [4.69, 9.17) is 9.47 Å². The molecular formula is C14H20O2. The van der Waals surface area contributed by atoms with Crippen LogP contribution < -0.4 is 4.74 Å². The van der Waals surface area contributed by atoms with Crippen LogP contribution in [0.4, 0.5) is 0 Å². The second-order valence-electron chi connectivity index (χ2n) is 4.44. The minimum Gasteiger partial charge on any atom is -0.493 e. The molecule has 0 N–H and O–H groups in total. The summed E-state index contributed by atoms with van der Waals surface area (Å²) in [6, 6.07) is 8.19. The van der Waals surface area contributed by atoms with Crippen molar-refractivity contribution < 1.29 is 9.47 Å². The third-order valence-electron chi connectivity index (χ3n) is 2.97. The second-order valence-corrected chi connectivity index (χ2v) is 4.44. The van der Waals surface area contributed by atoms with Gasteiger partial charge in [0.15, 0.2) is 0 Å². The molecule has 1 atom stereocenters. The summed E-state index contributed by atoms with van der Waals surface area (Å²) >= 11 is 0. The zero-order valence-electron chi connectivity index (χ0n) is 9.95. The number of hydrogen-bond donors (Lipinski definition) is 0. The molecule has 0 saturated carbocycles. The van der Waals surface area contributed by atoms with Crippen molar-refractivity contribution in [3.63, 3.8) is 0 Å². The predicted octanol–water partition coefficient (Wildman–Crippen LogP) is 3.33. The molecule has 1 aromatic rings. The molecule has 16 heavy (non-hydrogen) atoms. The molecule has 0 amide bonds. The summed E-state index contributed by atoms with van der Waals surface area (Å²) in [5.74, 6) is 0.968. The summed E-state index contributed by atoms with van der Waals surface area (Å²) in [7, 11) is 0. The maximum absolute atomic E-state index is 5.71. The molecule has 0 bridgehead atoms. The lowest BCUT2D eigenvalue weighted by Gasteiger charge is -2.22. The molecule has 0 spiro atoms. The third kappa shape index (κ3) is 3.53. The minimum absolute atomic E-state index is 0.415. The highest BCUT2D eigenvalue weighted by Gasteiger charge is 2.13. The van der Waals surface area contributed by atoms with Crippen LogP contribution in [-0.2, 0) is 4.74 Å². The predicted molar refractivity (Wildman–Crippen MR) is 64.9 cm³/mol. The molecule has 2 rings (SSSR count). The van der Waals surface area contributed by atoms with Gasteiger partial charge in [0.1, 0.15) is 5.75 Å². The van der Waals surface area contributed by atoms with Gasteiger partial charge < -0.3 is 9.47 Å². The second kappa shape index (κ2) is 5.90. The van der Waals surface area contributed by atoms with E-state index in [0.29, 0.717) is 6.10 Å². The van der Waals surface area contributed by atoms with Crippen LogP contribution in [-0.4, -0.2) is 19.3 Å². The van der Waals surface area contributed by atoms with Crippen LogP contribution in [0, 0.1) is 6.92 Å². The summed E-state index contributed by atoms with van der Waals surface area (Å²) in [5.41, 5.74) is 1.24.